The summed E-state index contributed by atoms with van der Waals surface area (Å²) in [6.07, 6.45) is 0. The molecule has 0 radical (unpaired) electrons. The van der Waals surface area contributed by atoms with Crippen molar-refractivity contribution in [2.24, 2.45) is 0 Å². The van der Waals surface area contributed by atoms with Gasteiger partial charge in [0.2, 0.25) is 0 Å². The van der Waals surface area contributed by atoms with E-state index in [4.69, 9.17) is 32.4 Å². The minimum atomic E-state index is -0.396. The first-order valence-electron chi connectivity index (χ1n) is 9.96. The van der Waals surface area contributed by atoms with Gasteiger partial charge in [-0.3, -0.25) is 9.48 Å². The molecule has 2 aromatic carbocycles. The lowest BCUT2D eigenvalue weighted by Gasteiger charge is -2.09. The third-order valence-corrected chi connectivity index (χ3v) is 5.58. The lowest BCUT2D eigenvalue weighted by atomic mass is 10.2. The molecule has 4 aromatic rings. The maximum atomic E-state index is 12.6. The Morgan fingerprint density at radius 2 is 1.84 bits per heavy atom. The zero-order valence-corrected chi connectivity index (χ0v) is 19.1. The Labute approximate surface area is 195 Å². The number of ether oxygens (including phenoxy) is 1. The van der Waals surface area contributed by atoms with E-state index in [1.165, 1.54) is 0 Å². The molecule has 32 heavy (non-hydrogen) atoms. The van der Waals surface area contributed by atoms with Gasteiger partial charge in [0.25, 0.3) is 5.91 Å². The summed E-state index contributed by atoms with van der Waals surface area (Å²) in [5.41, 5.74) is 2.76. The normalized spacial score (nSPS) is 10.9. The topological polar surface area (TPSA) is 69.3 Å². The van der Waals surface area contributed by atoms with Crippen molar-refractivity contribution in [2.45, 2.75) is 27.0 Å². The van der Waals surface area contributed by atoms with Gasteiger partial charge in [-0.25, -0.2) is 0 Å². The second kappa shape index (κ2) is 9.51. The molecule has 6 nitrogen and oxygen atoms in total. The van der Waals surface area contributed by atoms with Gasteiger partial charge in [-0.2, -0.15) is 5.10 Å². The number of para-hydroxylation sites is 1. The Balaban J connectivity index is 1.40. The highest BCUT2D eigenvalue weighted by Crippen LogP contribution is 2.29. The summed E-state index contributed by atoms with van der Waals surface area (Å²) < 4.78 is 13.2. The molecule has 2 heterocycles. The molecule has 0 aliphatic rings. The van der Waals surface area contributed by atoms with E-state index in [1.807, 2.05) is 50.2 Å². The van der Waals surface area contributed by atoms with Crippen molar-refractivity contribution < 1.29 is 13.9 Å². The van der Waals surface area contributed by atoms with Gasteiger partial charge >= 0.3 is 0 Å². The van der Waals surface area contributed by atoms with Gasteiger partial charge in [-0.15, -0.1) is 0 Å². The molecule has 4 rings (SSSR count). The highest BCUT2D eigenvalue weighted by Gasteiger charge is 2.15. The maximum absolute atomic E-state index is 12.6. The SMILES string of the molecule is Cc1cccc(Cl)c1OCc1ccc(C(=O)Nc2cc(C)n(Cc3ccccc3Cl)n2)o1. The van der Waals surface area contributed by atoms with Gasteiger partial charge < -0.3 is 14.5 Å². The largest absolute Gasteiger partial charge is 0.484 e. The number of furan rings is 1. The van der Waals surface area contributed by atoms with Crippen molar-refractivity contribution >= 4 is 34.9 Å². The highest BCUT2D eigenvalue weighted by molar-refractivity contribution is 6.32. The lowest BCUT2D eigenvalue weighted by Crippen LogP contribution is -2.12. The molecule has 1 N–H and O–H groups in total. The van der Waals surface area contributed by atoms with Crippen LogP contribution in [0.3, 0.4) is 0 Å². The molecule has 0 atom stereocenters. The Morgan fingerprint density at radius 3 is 2.62 bits per heavy atom. The van der Waals surface area contributed by atoms with E-state index in [0.29, 0.717) is 33.9 Å². The van der Waals surface area contributed by atoms with Crippen LogP contribution in [0.1, 0.15) is 33.1 Å². The van der Waals surface area contributed by atoms with Crippen LogP contribution < -0.4 is 10.1 Å². The molecule has 2 aromatic heterocycles. The molecule has 0 aliphatic heterocycles. The first-order chi connectivity index (χ1) is 15.4. The lowest BCUT2D eigenvalue weighted by molar-refractivity contribution is 0.0992. The van der Waals surface area contributed by atoms with E-state index in [1.54, 1.807) is 28.9 Å². The number of aromatic nitrogens is 2. The fourth-order valence-corrected chi connectivity index (χ4v) is 3.69. The van der Waals surface area contributed by atoms with E-state index in [-0.39, 0.29) is 12.4 Å². The van der Waals surface area contributed by atoms with Crippen LogP contribution in [0.15, 0.2) is 65.1 Å². The van der Waals surface area contributed by atoms with E-state index in [0.717, 1.165) is 16.8 Å². The van der Waals surface area contributed by atoms with E-state index < -0.39 is 5.91 Å². The summed E-state index contributed by atoms with van der Waals surface area (Å²) in [5.74, 6) is 1.30. The van der Waals surface area contributed by atoms with Crippen LogP contribution in [0, 0.1) is 13.8 Å². The number of halogens is 2. The average molecular weight is 470 g/mol. The number of anilines is 1. The molecular formula is C24H21Cl2N3O3. The molecule has 0 aliphatic carbocycles. The van der Waals surface area contributed by atoms with Crippen LogP contribution in [0.5, 0.6) is 5.75 Å². The second-order valence-electron chi connectivity index (χ2n) is 7.31. The fourth-order valence-electron chi connectivity index (χ4n) is 3.22. The molecule has 0 saturated carbocycles. The van der Waals surface area contributed by atoms with Gasteiger partial charge in [0.1, 0.15) is 18.1 Å². The van der Waals surface area contributed by atoms with Crippen LogP contribution in [0.2, 0.25) is 10.0 Å². The van der Waals surface area contributed by atoms with Crippen molar-refractivity contribution in [1.29, 1.82) is 0 Å². The molecule has 0 saturated heterocycles. The van der Waals surface area contributed by atoms with Crippen LogP contribution in [0.4, 0.5) is 5.82 Å². The molecule has 0 bridgehead atoms. The van der Waals surface area contributed by atoms with Crippen LogP contribution >= 0.6 is 23.2 Å². The summed E-state index contributed by atoms with van der Waals surface area (Å²) in [4.78, 5) is 12.6. The molecule has 8 heteroatoms. The summed E-state index contributed by atoms with van der Waals surface area (Å²) >= 11 is 12.4. The molecule has 164 valence electrons. The quantitative estimate of drug-likeness (QED) is 0.345. The number of rotatable bonds is 7. The first-order valence-corrected chi connectivity index (χ1v) is 10.7. The maximum Gasteiger partial charge on any atom is 0.292 e. The van der Waals surface area contributed by atoms with E-state index in [2.05, 4.69) is 10.4 Å². The number of amides is 1. The van der Waals surface area contributed by atoms with Gasteiger partial charge in [-0.05, 0) is 49.2 Å². The number of aryl methyl sites for hydroxylation is 2. The highest BCUT2D eigenvalue weighted by atomic mass is 35.5. The number of nitrogens with one attached hydrogen (secondary N) is 1. The summed E-state index contributed by atoms with van der Waals surface area (Å²) in [7, 11) is 0. The number of hydrogen-bond acceptors (Lipinski definition) is 4. The van der Waals surface area contributed by atoms with Gasteiger partial charge in [0.05, 0.1) is 11.6 Å². The minimum absolute atomic E-state index is 0.156. The van der Waals surface area contributed by atoms with Crippen molar-refractivity contribution in [3.05, 3.63) is 99.1 Å². The smallest absolute Gasteiger partial charge is 0.292 e. The van der Waals surface area contributed by atoms with Crippen LogP contribution in [-0.2, 0) is 13.2 Å². The van der Waals surface area contributed by atoms with E-state index >= 15 is 0 Å². The monoisotopic (exact) mass is 469 g/mol. The van der Waals surface area contributed by atoms with Gasteiger partial charge in [0.15, 0.2) is 11.6 Å². The van der Waals surface area contributed by atoms with Crippen molar-refractivity contribution in [3.63, 3.8) is 0 Å². The zero-order valence-electron chi connectivity index (χ0n) is 17.6. The Morgan fingerprint density at radius 1 is 1.06 bits per heavy atom. The van der Waals surface area contributed by atoms with Crippen LogP contribution in [-0.4, -0.2) is 15.7 Å². The van der Waals surface area contributed by atoms with Gasteiger partial charge in [-0.1, -0.05) is 53.5 Å². The standard InChI is InChI=1S/C24H21Cl2N3O3/c1-15-6-5-9-20(26)23(15)31-14-18-10-11-21(32-18)24(30)27-22-12-16(2)29(28-22)13-17-7-3-4-8-19(17)25/h3-12H,13-14H2,1-2H3,(H,27,28,30). The number of benzene rings is 2. The predicted octanol–water partition coefficient (Wildman–Crippen LogP) is 6.28. The Bertz CT molecular complexity index is 1240. The minimum Gasteiger partial charge on any atom is -0.484 e. The summed E-state index contributed by atoms with van der Waals surface area (Å²) in [5, 5.41) is 8.42. The van der Waals surface area contributed by atoms with Gasteiger partial charge in [0, 0.05) is 16.8 Å². The Kier molecular flexibility index (Phi) is 6.53. The molecule has 0 unspecified atom stereocenters. The molecule has 1 amide bonds. The summed E-state index contributed by atoms with van der Waals surface area (Å²) in [6.45, 7) is 4.49. The van der Waals surface area contributed by atoms with Crippen molar-refractivity contribution in [1.82, 2.24) is 9.78 Å². The van der Waals surface area contributed by atoms with Crippen LogP contribution in [0.25, 0.3) is 0 Å². The number of hydrogen-bond donors (Lipinski definition) is 1. The Hall–Kier alpha value is -3.22. The average Bonchev–Trinajstić information content (AvgIpc) is 3.36. The number of carbonyl (C=O) groups is 1. The van der Waals surface area contributed by atoms with Crippen molar-refractivity contribution in [2.75, 3.05) is 5.32 Å². The third-order valence-electron chi connectivity index (χ3n) is 4.91. The molecule has 0 spiro atoms. The zero-order chi connectivity index (χ0) is 22.7. The first kappa shape index (κ1) is 22.0. The summed E-state index contributed by atoms with van der Waals surface area (Å²) in [6, 6.07) is 18.2. The third kappa shape index (κ3) is 4.98. The fraction of sp³-hybridized carbons (Fsp3) is 0.167. The van der Waals surface area contributed by atoms with Crippen molar-refractivity contribution in [3.8, 4) is 5.75 Å². The van der Waals surface area contributed by atoms with E-state index in [9.17, 15) is 4.79 Å². The molecule has 0 fully saturated rings. The molecular weight excluding hydrogens is 449 g/mol. The second-order valence-corrected chi connectivity index (χ2v) is 8.13. The predicted molar refractivity (Wildman–Crippen MR) is 125 cm³/mol. The number of carbonyl (C=O) groups excluding carboxylic acids is 1. The number of nitrogens with zero attached hydrogens (tertiary/aromatic N) is 2.